The van der Waals surface area contributed by atoms with Crippen molar-refractivity contribution >= 4 is 7.92 Å². The molecular formula is C8H18P. The van der Waals surface area contributed by atoms with E-state index in [4.69, 9.17) is 0 Å². The Kier molecular flexibility index (Phi) is 4.48. The molecule has 55 valence electrons. The van der Waals surface area contributed by atoms with E-state index in [0.717, 1.165) is 11.3 Å². The monoisotopic (exact) mass is 145 g/mol. The summed E-state index contributed by atoms with van der Waals surface area (Å²) in [7, 11) is 0.199. The van der Waals surface area contributed by atoms with E-state index in [1.165, 1.54) is 0 Å². The molecule has 0 aromatic carbocycles. The zero-order chi connectivity index (χ0) is 7.44. The van der Waals surface area contributed by atoms with Gasteiger partial charge in [0.2, 0.25) is 0 Å². The maximum absolute atomic E-state index is 2.38. The highest BCUT2D eigenvalue weighted by atomic mass is 31.1. The van der Waals surface area contributed by atoms with E-state index >= 15 is 0 Å². The van der Waals surface area contributed by atoms with Crippen LogP contribution in [0.2, 0.25) is 0 Å². The molecule has 0 N–H and O–H groups in total. The Bertz CT molecular complexity index is 59.0. The molecule has 0 rings (SSSR count). The minimum Gasteiger partial charge on any atom is -0.0979 e. The quantitative estimate of drug-likeness (QED) is 0.533. The van der Waals surface area contributed by atoms with Crippen molar-refractivity contribution in [2.45, 2.75) is 45.9 Å². The molecule has 0 saturated heterocycles. The lowest BCUT2D eigenvalue weighted by Crippen LogP contribution is -2.01. The molecule has 0 aromatic rings. The molecule has 0 aliphatic heterocycles. The molecule has 0 spiro atoms. The second-order valence-electron chi connectivity index (χ2n) is 2.89. The zero-order valence-corrected chi connectivity index (χ0v) is 8.07. The molecule has 0 atom stereocenters. The predicted molar refractivity (Wildman–Crippen MR) is 47.2 cm³/mol. The normalized spacial score (nSPS) is 12.0. The molecule has 0 nitrogen and oxygen atoms in total. The van der Waals surface area contributed by atoms with Crippen LogP contribution in [0.4, 0.5) is 0 Å². The van der Waals surface area contributed by atoms with Gasteiger partial charge in [0.25, 0.3) is 0 Å². The van der Waals surface area contributed by atoms with Gasteiger partial charge in [-0.15, -0.1) is 0 Å². The van der Waals surface area contributed by atoms with Crippen LogP contribution < -0.4 is 0 Å². The molecule has 1 heteroatoms. The molecule has 0 aliphatic rings. The van der Waals surface area contributed by atoms with Crippen molar-refractivity contribution in [3.8, 4) is 0 Å². The molecule has 0 heterocycles. The Morgan fingerprint density at radius 1 is 1.00 bits per heavy atom. The summed E-state index contributed by atoms with van der Waals surface area (Å²) in [6.07, 6.45) is 2.38. The number of rotatable bonds is 3. The first kappa shape index (κ1) is 9.43. The van der Waals surface area contributed by atoms with Gasteiger partial charge in [0.05, 0.1) is 0 Å². The van der Waals surface area contributed by atoms with Crippen molar-refractivity contribution in [1.29, 1.82) is 0 Å². The molecular weight excluding hydrogens is 127 g/mol. The van der Waals surface area contributed by atoms with E-state index in [0.29, 0.717) is 0 Å². The highest BCUT2D eigenvalue weighted by Crippen LogP contribution is 2.48. The van der Waals surface area contributed by atoms with Gasteiger partial charge < -0.3 is 0 Å². The average Bonchev–Trinajstić information content (AvgIpc) is 1.64. The predicted octanol–water partition coefficient (Wildman–Crippen LogP) is 3.47. The van der Waals surface area contributed by atoms with Gasteiger partial charge in [0.15, 0.2) is 0 Å². The second-order valence-corrected chi connectivity index (χ2v) is 6.37. The number of hydrogen-bond acceptors (Lipinski definition) is 0. The van der Waals surface area contributed by atoms with Crippen LogP contribution in [0.15, 0.2) is 0 Å². The third-order valence-electron chi connectivity index (χ3n) is 1.49. The van der Waals surface area contributed by atoms with E-state index in [9.17, 15) is 0 Å². The lowest BCUT2D eigenvalue weighted by molar-refractivity contribution is 1.01. The first-order valence-corrected chi connectivity index (χ1v) is 5.21. The first-order chi connectivity index (χ1) is 4.09. The third kappa shape index (κ3) is 3.20. The van der Waals surface area contributed by atoms with E-state index in [1.807, 2.05) is 0 Å². The Morgan fingerprint density at radius 3 is 1.33 bits per heavy atom. The van der Waals surface area contributed by atoms with Crippen molar-refractivity contribution in [1.82, 2.24) is 0 Å². The fraction of sp³-hybridized carbons (Fsp3) is 0.875. The van der Waals surface area contributed by atoms with Crippen molar-refractivity contribution in [2.75, 3.05) is 0 Å². The Labute approximate surface area is 60.8 Å². The highest BCUT2D eigenvalue weighted by Gasteiger charge is 2.13. The van der Waals surface area contributed by atoms with Crippen LogP contribution in [0.25, 0.3) is 0 Å². The van der Waals surface area contributed by atoms with Gasteiger partial charge in [-0.3, -0.25) is 0 Å². The highest BCUT2D eigenvalue weighted by molar-refractivity contribution is 7.61. The van der Waals surface area contributed by atoms with Crippen LogP contribution in [0.1, 0.15) is 34.6 Å². The third-order valence-corrected chi connectivity index (χ3v) is 4.47. The minimum atomic E-state index is 0.199. The summed E-state index contributed by atoms with van der Waals surface area (Å²) in [6, 6.07) is 0. The van der Waals surface area contributed by atoms with Crippen LogP contribution >= 0.6 is 7.92 Å². The summed E-state index contributed by atoms with van der Waals surface area (Å²) in [6.45, 7) is 11.4. The van der Waals surface area contributed by atoms with Gasteiger partial charge in [-0.05, 0) is 17.5 Å². The second kappa shape index (κ2) is 4.28. The van der Waals surface area contributed by atoms with E-state index < -0.39 is 0 Å². The summed E-state index contributed by atoms with van der Waals surface area (Å²) in [5, 5.41) is 0. The van der Waals surface area contributed by atoms with Crippen molar-refractivity contribution in [2.24, 2.45) is 0 Å². The van der Waals surface area contributed by atoms with E-state index in [-0.39, 0.29) is 7.92 Å². The largest absolute Gasteiger partial charge is 0.0979 e. The fourth-order valence-corrected chi connectivity index (χ4v) is 3.58. The Hall–Kier alpha value is 0.430. The van der Waals surface area contributed by atoms with Gasteiger partial charge >= 0.3 is 0 Å². The Balaban J connectivity index is 3.68. The smallest absolute Gasteiger partial charge is 0.0168 e. The number of hydrogen-bond donors (Lipinski definition) is 0. The molecule has 0 amide bonds. The van der Waals surface area contributed by atoms with Crippen LogP contribution in [-0.4, -0.2) is 11.3 Å². The molecule has 0 fully saturated rings. The van der Waals surface area contributed by atoms with Crippen LogP contribution in [-0.2, 0) is 0 Å². The van der Waals surface area contributed by atoms with Gasteiger partial charge in [0, 0.05) is 0 Å². The Morgan fingerprint density at radius 2 is 1.33 bits per heavy atom. The topological polar surface area (TPSA) is 0 Å². The van der Waals surface area contributed by atoms with Crippen molar-refractivity contribution in [3.05, 3.63) is 6.16 Å². The summed E-state index contributed by atoms with van der Waals surface area (Å²) in [5.74, 6) is 0. The van der Waals surface area contributed by atoms with Gasteiger partial charge in [-0.2, -0.15) is 0 Å². The molecule has 0 aromatic heterocycles. The molecule has 0 aliphatic carbocycles. The SMILES string of the molecule is C[CH]P(C(C)C)C(C)C. The van der Waals surface area contributed by atoms with Crippen LogP contribution in [0, 0.1) is 6.16 Å². The molecule has 0 unspecified atom stereocenters. The van der Waals surface area contributed by atoms with E-state index in [2.05, 4.69) is 40.8 Å². The van der Waals surface area contributed by atoms with Crippen molar-refractivity contribution in [3.63, 3.8) is 0 Å². The molecule has 0 saturated carbocycles. The first-order valence-electron chi connectivity index (χ1n) is 3.66. The summed E-state index contributed by atoms with van der Waals surface area (Å²) in [4.78, 5) is 0. The molecule has 9 heavy (non-hydrogen) atoms. The van der Waals surface area contributed by atoms with Gasteiger partial charge in [-0.25, -0.2) is 0 Å². The lowest BCUT2D eigenvalue weighted by Gasteiger charge is -2.23. The maximum atomic E-state index is 2.38. The average molecular weight is 145 g/mol. The minimum absolute atomic E-state index is 0.199. The molecule has 1 radical (unpaired) electrons. The summed E-state index contributed by atoms with van der Waals surface area (Å²) >= 11 is 0. The van der Waals surface area contributed by atoms with Crippen molar-refractivity contribution < 1.29 is 0 Å². The standard InChI is InChI=1S/C8H18P/c1-6-9(7(2)3)8(4)5/h6-8H,1-5H3. The van der Waals surface area contributed by atoms with Gasteiger partial charge in [-0.1, -0.05) is 42.5 Å². The van der Waals surface area contributed by atoms with Crippen LogP contribution in [0.3, 0.4) is 0 Å². The molecule has 0 bridgehead atoms. The summed E-state index contributed by atoms with van der Waals surface area (Å²) in [5.41, 5.74) is 1.73. The van der Waals surface area contributed by atoms with Gasteiger partial charge in [0.1, 0.15) is 0 Å². The summed E-state index contributed by atoms with van der Waals surface area (Å²) < 4.78 is 0. The zero-order valence-electron chi connectivity index (χ0n) is 7.18. The fourth-order valence-electron chi connectivity index (χ4n) is 1.19. The van der Waals surface area contributed by atoms with Crippen LogP contribution in [0.5, 0.6) is 0 Å². The maximum Gasteiger partial charge on any atom is -0.0168 e. The lowest BCUT2D eigenvalue weighted by atomic mass is 10.5. The van der Waals surface area contributed by atoms with E-state index in [1.54, 1.807) is 0 Å².